The number of methoxy groups -OCH3 is 1. The zero-order chi connectivity index (χ0) is 16.7. The Bertz CT molecular complexity index is 659. The van der Waals surface area contributed by atoms with Crippen molar-refractivity contribution >= 4 is 17.5 Å². The van der Waals surface area contributed by atoms with Crippen LogP contribution in [0.5, 0.6) is 5.75 Å². The third kappa shape index (κ3) is 5.25. The van der Waals surface area contributed by atoms with Crippen LogP contribution in [0, 0.1) is 5.92 Å². The second kappa shape index (κ2) is 8.12. The van der Waals surface area contributed by atoms with E-state index >= 15 is 0 Å². The molecule has 1 aromatic carbocycles. The number of benzene rings is 1. The molecule has 122 valence electrons. The van der Waals surface area contributed by atoms with E-state index in [-0.39, 0.29) is 5.91 Å². The van der Waals surface area contributed by atoms with E-state index in [1.165, 1.54) is 0 Å². The molecule has 1 amide bonds. The lowest BCUT2D eigenvalue weighted by Crippen LogP contribution is -2.16. The lowest BCUT2D eigenvalue weighted by Gasteiger charge is -2.09. The molecule has 0 radical (unpaired) electrons. The quantitative estimate of drug-likeness (QED) is 0.821. The van der Waals surface area contributed by atoms with E-state index in [0.29, 0.717) is 29.0 Å². The molecule has 2 N–H and O–H groups in total. The van der Waals surface area contributed by atoms with E-state index in [1.807, 2.05) is 12.1 Å². The number of anilines is 2. The minimum absolute atomic E-state index is 0.285. The number of amides is 1. The van der Waals surface area contributed by atoms with Crippen molar-refractivity contribution in [3.8, 4) is 5.75 Å². The predicted octanol–water partition coefficient (Wildman–Crippen LogP) is 3.20. The molecule has 1 aromatic heterocycles. The van der Waals surface area contributed by atoms with Crippen molar-refractivity contribution < 1.29 is 9.53 Å². The van der Waals surface area contributed by atoms with E-state index < -0.39 is 0 Å². The lowest BCUT2D eigenvalue weighted by molar-refractivity contribution is 0.102. The van der Waals surface area contributed by atoms with Gasteiger partial charge in [-0.15, -0.1) is 0 Å². The van der Waals surface area contributed by atoms with Gasteiger partial charge in [-0.2, -0.15) is 0 Å². The molecule has 0 aliphatic heterocycles. The van der Waals surface area contributed by atoms with Gasteiger partial charge in [0.2, 0.25) is 5.95 Å². The molecule has 0 atom stereocenters. The molecular formula is C17H22N4O2. The maximum atomic E-state index is 12.3. The Labute approximate surface area is 136 Å². The standard InChI is InChI=1S/C17H22N4O2/c1-12(2)7-9-18-17-19-10-8-15(21-17)16(22)20-13-5-4-6-14(11-13)23-3/h4-6,8,10-12H,7,9H2,1-3H3,(H,20,22)(H,18,19,21). The summed E-state index contributed by atoms with van der Waals surface area (Å²) >= 11 is 0. The van der Waals surface area contributed by atoms with Gasteiger partial charge in [0.05, 0.1) is 7.11 Å². The number of nitrogens with zero attached hydrogens (tertiary/aromatic N) is 2. The molecule has 0 saturated heterocycles. The summed E-state index contributed by atoms with van der Waals surface area (Å²) in [5, 5.41) is 5.93. The average Bonchev–Trinajstić information content (AvgIpc) is 2.55. The number of ether oxygens (including phenoxy) is 1. The topological polar surface area (TPSA) is 76.1 Å². The predicted molar refractivity (Wildman–Crippen MR) is 90.9 cm³/mol. The monoisotopic (exact) mass is 314 g/mol. The van der Waals surface area contributed by atoms with Crippen LogP contribution < -0.4 is 15.4 Å². The lowest BCUT2D eigenvalue weighted by atomic mass is 10.1. The van der Waals surface area contributed by atoms with Gasteiger partial charge in [-0.3, -0.25) is 4.79 Å². The van der Waals surface area contributed by atoms with E-state index in [2.05, 4.69) is 34.4 Å². The molecule has 23 heavy (non-hydrogen) atoms. The van der Waals surface area contributed by atoms with Gasteiger partial charge in [0.15, 0.2) is 0 Å². The number of rotatable bonds is 7. The van der Waals surface area contributed by atoms with Crippen LogP contribution in [-0.2, 0) is 0 Å². The first-order valence-electron chi connectivity index (χ1n) is 7.61. The van der Waals surface area contributed by atoms with Gasteiger partial charge in [0, 0.05) is 24.5 Å². The van der Waals surface area contributed by atoms with Crippen LogP contribution in [0.15, 0.2) is 36.5 Å². The molecule has 6 heteroatoms. The highest BCUT2D eigenvalue weighted by Crippen LogP contribution is 2.17. The smallest absolute Gasteiger partial charge is 0.274 e. The molecule has 0 fully saturated rings. The first-order chi connectivity index (χ1) is 11.1. The molecule has 1 heterocycles. The minimum atomic E-state index is -0.285. The average molecular weight is 314 g/mol. The van der Waals surface area contributed by atoms with Gasteiger partial charge in [-0.1, -0.05) is 19.9 Å². The van der Waals surface area contributed by atoms with Crippen molar-refractivity contribution in [3.63, 3.8) is 0 Å². The van der Waals surface area contributed by atoms with Crippen molar-refractivity contribution in [3.05, 3.63) is 42.2 Å². The summed E-state index contributed by atoms with van der Waals surface area (Å²) in [5.41, 5.74) is 0.970. The fraction of sp³-hybridized carbons (Fsp3) is 0.353. The highest BCUT2D eigenvalue weighted by molar-refractivity contribution is 6.03. The zero-order valence-electron chi connectivity index (χ0n) is 13.7. The molecule has 2 aromatic rings. The van der Waals surface area contributed by atoms with Crippen molar-refractivity contribution in [1.82, 2.24) is 9.97 Å². The minimum Gasteiger partial charge on any atom is -0.497 e. The summed E-state index contributed by atoms with van der Waals surface area (Å²) in [5.74, 6) is 1.46. The van der Waals surface area contributed by atoms with Crippen LogP contribution in [0.1, 0.15) is 30.8 Å². The van der Waals surface area contributed by atoms with Crippen LogP contribution in [0.3, 0.4) is 0 Å². The number of hydrogen-bond acceptors (Lipinski definition) is 5. The first-order valence-corrected chi connectivity index (χ1v) is 7.61. The molecule has 0 unspecified atom stereocenters. The fourth-order valence-electron chi connectivity index (χ4n) is 1.94. The van der Waals surface area contributed by atoms with Crippen molar-refractivity contribution in [2.45, 2.75) is 20.3 Å². The Balaban J connectivity index is 2.01. The molecule has 0 spiro atoms. The number of aromatic nitrogens is 2. The summed E-state index contributed by atoms with van der Waals surface area (Å²) in [7, 11) is 1.58. The van der Waals surface area contributed by atoms with Crippen LogP contribution in [0.25, 0.3) is 0 Å². The third-order valence-corrected chi connectivity index (χ3v) is 3.22. The van der Waals surface area contributed by atoms with Gasteiger partial charge in [-0.25, -0.2) is 9.97 Å². The number of carbonyl (C=O) groups excluding carboxylic acids is 1. The van der Waals surface area contributed by atoms with Crippen molar-refractivity contribution in [1.29, 1.82) is 0 Å². The van der Waals surface area contributed by atoms with Gasteiger partial charge < -0.3 is 15.4 Å². The highest BCUT2D eigenvalue weighted by Gasteiger charge is 2.09. The van der Waals surface area contributed by atoms with Crippen molar-refractivity contribution in [2.24, 2.45) is 5.92 Å². The maximum Gasteiger partial charge on any atom is 0.274 e. The van der Waals surface area contributed by atoms with Gasteiger partial charge in [0.1, 0.15) is 11.4 Å². The van der Waals surface area contributed by atoms with Crippen LogP contribution >= 0.6 is 0 Å². The largest absolute Gasteiger partial charge is 0.497 e. The fourth-order valence-corrected chi connectivity index (χ4v) is 1.94. The summed E-state index contributed by atoms with van der Waals surface area (Å²) in [6.45, 7) is 5.08. The Morgan fingerprint density at radius 1 is 1.30 bits per heavy atom. The zero-order valence-corrected chi connectivity index (χ0v) is 13.7. The first kappa shape index (κ1) is 16.7. The van der Waals surface area contributed by atoms with E-state index in [0.717, 1.165) is 13.0 Å². The highest BCUT2D eigenvalue weighted by atomic mass is 16.5. The maximum absolute atomic E-state index is 12.3. The molecule has 0 saturated carbocycles. The normalized spacial score (nSPS) is 10.4. The Kier molecular flexibility index (Phi) is 5.91. The molecule has 0 aliphatic rings. The molecule has 0 aliphatic carbocycles. The summed E-state index contributed by atoms with van der Waals surface area (Å²) in [4.78, 5) is 20.7. The summed E-state index contributed by atoms with van der Waals surface area (Å²) in [6, 6.07) is 8.76. The second-order valence-corrected chi connectivity index (χ2v) is 5.56. The third-order valence-electron chi connectivity index (χ3n) is 3.22. The Hall–Kier alpha value is -2.63. The Morgan fingerprint density at radius 3 is 2.87 bits per heavy atom. The van der Waals surface area contributed by atoms with Crippen LogP contribution in [-0.4, -0.2) is 29.5 Å². The molecular weight excluding hydrogens is 292 g/mol. The second-order valence-electron chi connectivity index (χ2n) is 5.56. The van der Waals surface area contributed by atoms with Crippen LogP contribution in [0.2, 0.25) is 0 Å². The summed E-state index contributed by atoms with van der Waals surface area (Å²) < 4.78 is 5.14. The van der Waals surface area contributed by atoms with E-state index in [1.54, 1.807) is 31.5 Å². The van der Waals surface area contributed by atoms with Crippen LogP contribution in [0.4, 0.5) is 11.6 Å². The van der Waals surface area contributed by atoms with E-state index in [4.69, 9.17) is 4.74 Å². The molecule has 6 nitrogen and oxygen atoms in total. The van der Waals surface area contributed by atoms with Crippen molar-refractivity contribution in [2.75, 3.05) is 24.3 Å². The SMILES string of the molecule is COc1cccc(NC(=O)c2ccnc(NCCC(C)C)n2)c1. The van der Waals surface area contributed by atoms with Gasteiger partial charge in [-0.05, 0) is 30.5 Å². The molecule has 0 bridgehead atoms. The summed E-state index contributed by atoms with van der Waals surface area (Å²) in [6.07, 6.45) is 2.59. The Morgan fingerprint density at radius 2 is 2.13 bits per heavy atom. The van der Waals surface area contributed by atoms with E-state index in [9.17, 15) is 4.79 Å². The number of carbonyl (C=O) groups is 1. The molecule has 2 rings (SSSR count). The number of nitrogens with one attached hydrogen (secondary N) is 2. The number of hydrogen-bond donors (Lipinski definition) is 2. The van der Waals surface area contributed by atoms with Gasteiger partial charge >= 0.3 is 0 Å². The van der Waals surface area contributed by atoms with Gasteiger partial charge in [0.25, 0.3) is 5.91 Å².